The monoisotopic (exact) mass is 591 g/mol. The van der Waals surface area contributed by atoms with Crippen LogP contribution in [0.4, 0.5) is 18.9 Å². The van der Waals surface area contributed by atoms with Crippen molar-refractivity contribution in [2.75, 3.05) is 19.5 Å². The van der Waals surface area contributed by atoms with Crippen molar-refractivity contribution in [3.63, 3.8) is 0 Å². The van der Waals surface area contributed by atoms with Gasteiger partial charge in [-0.1, -0.05) is 0 Å². The third kappa shape index (κ3) is 5.02. The quantitative estimate of drug-likeness (QED) is 0.270. The Labute approximate surface area is 242 Å². The van der Waals surface area contributed by atoms with Gasteiger partial charge in [-0.15, -0.1) is 0 Å². The molecule has 1 aliphatic heterocycles. The zero-order chi connectivity index (χ0) is 30.2. The van der Waals surface area contributed by atoms with Crippen LogP contribution in [0.25, 0.3) is 16.6 Å². The molecule has 0 bridgehead atoms. The number of anilines is 1. The van der Waals surface area contributed by atoms with Crippen LogP contribution in [-0.4, -0.2) is 39.5 Å². The van der Waals surface area contributed by atoms with Crippen molar-refractivity contribution in [3.05, 3.63) is 93.9 Å². The van der Waals surface area contributed by atoms with E-state index in [0.29, 0.717) is 53.9 Å². The fourth-order valence-electron chi connectivity index (χ4n) is 5.15. The van der Waals surface area contributed by atoms with Crippen LogP contribution in [0.5, 0.6) is 23.1 Å². The van der Waals surface area contributed by atoms with E-state index in [1.54, 1.807) is 12.1 Å². The predicted molar refractivity (Wildman–Crippen MR) is 150 cm³/mol. The zero-order valence-electron chi connectivity index (χ0n) is 23.0. The summed E-state index contributed by atoms with van der Waals surface area (Å²) in [5.74, 6) is -2.18. The summed E-state index contributed by atoms with van der Waals surface area (Å²) in [4.78, 5) is 35.1. The van der Waals surface area contributed by atoms with Crippen LogP contribution in [0.1, 0.15) is 28.9 Å². The molecular weight excluding hydrogens is 567 g/mol. The Kier molecular flexibility index (Phi) is 7.22. The van der Waals surface area contributed by atoms with Crippen LogP contribution in [0, 0.1) is 17.5 Å². The molecule has 5 aromatic rings. The van der Waals surface area contributed by atoms with Crippen molar-refractivity contribution in [2.45, 2.75) is 25.8 Å². The molecule has 13 heteroatoms. The summed E-state index contributed by atoms with van der Waals surface area (Å²) >= 11 is 0. The maximum atomic E-state index is 15.2. The number of carbonyl (C=O) groups excluding carboxylic acids is 1. The number of fused-ring (bicyclic) bond motifs is 2. The SMILES string of the molecule is COc1cc2ncnc(Oc3ccc(NC(=O)c4c5n(n(-c6cc(F)ccc6F)c4=O)CCCC5)c(F)c3)c2cc1OC. The summed E-state index contributed by atoms with van der Waals surface area (Å²) in [5.41, 5.74) is -0.753. The molecular formula is C30H24F3N5O5. The highest BCUT2D eigenvalue weighted by atomic mass is 19.1. The van der Waals surface area contributed by atoms with Gasteiger partial charge in [-0.05, 0) is 49.6 Å². The average Bonchev–Trinajstić information content (AvgIpc) is 3.30. The normalized spacial score (nSPS) is 12.6. The number of aromatic nitrogens is 4. The lowest BCUT2D eigenvalue weighted by atomic mass is 10.1. The molecule has 6 rings (SSSR count). The standard InChI is InChI=1S/C30H24F3N5O5/c1-41-25-13-18-22(14-26(25)42-2)34-15-35-29(18)43-17-7-9-21(20(33)12-17)36-28(39)27-23-5-3-4-10-37(23)38(30(27)40)24-11-16(31)6-8-19(24)32/h6-9,11-15H,3-5,10H2,1-2H3,(H,36,39). The maximum Gasteiger partial charge on any atom is 0.284 e. The summed E-state index contributed by atoms with van der Waals surface area (Å²) in [6.45, 7) is 0.324. The number of nitrogens with zero attached hydrogens (tertiary/aromatic N) is 4. The van der Waals surface area contributed by atoms with E-state index in [4.69, 9.17) is 14.2 Å². The van der Waals surface area contributed by atoms with Crippen LogP contribution >= 0.6 is 0 Å². The number of ether oxygens (including phenoxy) is 3. The van der Waals surface area contributed by atoms with Crippen LogP contribution in [0.3, 0.4) is 0 Å². The first-order valence-corrected chi connectivity index (χ1v) is 13.2. The zero-order valence-corrected chi connectivity index (χ0v) is 23.0. The predicted octanol–water partition coefficient (Wildman–Crippen LogP) is 5.40. The van der Waals surface area contributed by atoms with Crippen LogP contribution in [0.2, 0.25) is 0 Å². The molecule has 1 aliphatic rings. The third-order valence-electron chi connectivity index (χ3n) is 7.15. The molecule has 0 saturated heterocycles. The van der Waals surface area contributed by atoms with E-state index in [2.05, 4.69) is 15.3 Å². The Morgan fingerprint density at radius 3 is 2.49 bits per heavy atom. The first kappa shape index (κ1) is 27.8. The van der Waals surface area contributed by atoms with Crippen molar-refractivity contribution >= 4 is 22.5 Å². The molecule has 43 heavy (non-hydrogen) atoms. The molecule has 0 fully saturated rings. The van der Waals surface area contributed by atoms with Crippen molar-refractivity contribution in [1.29, 1.82) is 0 Å². The number of amides is 1. The largest absolute Gasteiger partial charge is 0.493 e. The molecule has 3 aromatic carbocycles. The molecule has 3 heterocycles. The lowest BCUT2D eigenvalue weighted by molar-refractivity contribution is 0.102. The molecule has 220 valence electrons. The van der Waals surface area contributed by atoms with Gasteiger partial charge in [0.2, 0.25) is 5.88 Å². The van der Waals surface area contributed by atoms with Gasteiger partial charge in [-0.25, -0.2) is 27.8 Å². The Hall–Kier alpha value is -5.33. The number of nitrogens with one attached hydrogen (secondary N) is 1. The summed E-state index contributed by atoms with van der Waals surface area (Å²) in [7, 11) is 2.98. The van der Waals surface area contributed by atoms with Gasteiger partial charge in [0.1, 0.15) is 40.8 Å². The number of carbonyl (C=O) groups is 1. The first-order valence-electron chi connectivity index (χ1n) is 13.2. The number of halogens is 3. The molecule has 10 nitrogen and oxygen atoms in total. The van der Waals surface area contributed by atoms with Crippen molar-refractivity contribution < 1.29 is 32.2 Å². The molecule has 0 aliphatic carbocycles. The molecule has 0 atom stereocenters. The summed E-state index contributed by atoms with van der Waals surface area (Å²) in [6.07, 6.45) is 3.01. The average molecular weight is 592 g/mol. The lowest BCUT2D eigenvalue weighted by Gasteiger charge is -2.19. The fraction of sp³-hybridized carbons (Fsp3) is 0.200. The second-order valence-corrected chi connectivity index (χ2v) is 9.72. The maximum absolute atomic E-state index is 15.2. The Morgan fingerprint density at radius 2 is 1.72 bits per heavy atom. The highest BCUT2D eigenvalue weighted by molar-refractivity contribution is 6.05. The molecule has 0 unspecified atom stereocenters. The van der Waals surface area contributed by atoms with E-state index in [1.807, 2.05) is 0 Å². The second kappa shape index (κ2) is 11.2. The number of rotatable bonds is 7. The van der Waals surface area contributed by atoms with Crippen molar-refractivity contribution in [2.24, 2.45) is 0 Å². The number of hydrogen-bond donors (Lipinski definition) is 1. The van der Waals surface area contributed by atoms with E-state index in [9.17, 15) is 18.4 Å². The summed E-state index contributed by atoms with van der Waals surface area (Å²) < 4.78 is 62.8. The molecule has 0 saturated carbocycles. The van der Waals surface area contributed by atoms with Gasteiger partial charge in [0.05, 0.1) is 36.5 Å². The van der Waals surface area contributed by atoms with Gasteiger partial charge >= 0.3 is 0 Å². The Morgan fingerprint density at radius 1 is 0.930 bits per heavy atom. The van der Waals surface area contributed by atoms with Crippen LogP contribution in [0.15, 0.2) is 59.7 Å². The van der Waals surface area contributed by atoms with Crippen molar-refractivity contribution in [3.8, 4) is 28.8 Å². The van der Waals surface area contributed by atoms with E-state index >= 15 is 4.39 Å². The van der Waals surface area contributed by atoms with E-state index in [-0.39, 0.29) is 28.6 Å². The number of methoxy groups -OCH3 is 2. The summed E-state index contributed by atoms with van der Waals surface area (Å²) in [5, 5.41) is 2.93. The van der Waals surface area contributed by atoms with Gasteiger partial charge in [0, 0.05) is 24.7 Å². The third-order valence-corrected chi connectivity index (χ3v) is 7.15. The minimum absolute atomic E-state index is 0.0791. The highest BCUT2D eigenvalue weighted by Gasteiger charge is 2.29. The van der Waals surface area contributed by atoms with Gasteiger partial charge in [-0.3, -0.25) is 14.3 Å². The molecule has 1 amide bonds. The minimum Gasteiger partial charge on any atom is -0.493 e. The number of benzene rings is 3. The highest BCUT2D eigenvalue weighted by Crippen LogP contribution is 2.36. The molecule has 0 spiro atoms. The topological polar surface area (TPSA) is 110 Å². The smallest absolute Gasteiger partial charge is 0.284 e. The van der Waals surface area contributed by atoms with Crippen LogP contribution < -0.4 is 25.1 Å². The van der Waals surface area contributed by atoms with E-state index in [1.165, 1.54) is 37.4 Å². The van der Waals surface area contributed by atoms with Gasteiger partial charge in [0.25, 0.3) is 11.5 Å². The first-order chi connectivity index (χ1) is 20.8. The van der Waals surface area contributed by atoms with Gasteiger partial charge < -0.3 is 19.5 Å². The van der Waals surface area contributed by atoms with E-state index < -0.39 is 28.9 Å². The van der Waals surface area contributed by atoms with Crippen molar-refractivity contribution in [1.82, 2.24) is 19.3 Å². The Balaban J connectivity index is 1.30. The number of hydrogen-bond acceptors (Lipinski definition) is 7. The molecule has 1 N–H and O–H groups in total. The van der Waals surface area contributed by atoms with E-state index in [0.717, 1.165) is 28.9 Å². The Bertz CT molecular complexity index is 1960. The van der Waals surface area contributed by atoms with Gasteiger partial charge in [-0.2, -0.15) is 0 Å². The second-order valence-electron chi connectivity index (χ2n) is 9.72. The fourth-order valence-corrected chi connectivity index (χ4v) is 5.15. The van der Waals surface area contributed by atoms with Crippen LogP contribution in [-0.2, 0) is 13.0 Å². The lowest BCUT2D eigenvalue weighted by Crippen LogP contribution is -2.27. The minimum atomic E-state index is -0.874. The molecule has 0 radical (unpaired) electrons. The van der Waals surface area contributed by atoms with Gasteiger partial charge in [0.15, 0.2) is 11.5 Å². The molecule has 2 aromatic heterocycles. The summed E-state index contributed by atoms with van der Waals surface area (Å²) in [6, 6.07) is 9.79.